The fourth-order valence-corrected chi connectivity index (χ4v) is 2.25. The lowest BCUT2D eigenvalue weighted by atomic mass is 10.2. The van der Waals surface area contributed by atoms with Gasteiger partial charge in [0, 0.05) is 11.4 Å². The number of carbonyl (C=O) groups excluding carboxylic acids is 2. The molecule has 0 aliphatic heterocycles. The molecular weight excluding hydrogens is 320 g/mol. The van der Waals surface area contributed by atoms with Crippen LogP contribution < -0.4 is 10.0 Å². The Morgan fingerprint density at radius 2 is 1.87 bits per heavy atom. The minimum Gasteiger partial charge on any atom is -0.455 e. The molecule has 8 heteroatoms. The van der Waals surface area contributed by atoms with Crippen LogP contribution in [0.3, 0.4) is 0 Å². The zero-order valence-electron chi connectivity index (χ0n) is 13.0. The average Bonchev–Trinajstić information content (AvgIpc) is 2.49. The zero-order chi connectivity index (χ0) is 17.3. The summed E-state index contributed by atoms with van der Waals surface area (Å²) in [6.07, 6.45) is 1.41. The number of hydrogen-bond donors (Lipinski definition) is 2. The second-order valence-electron chi connectivity index (χ2n) is 4.96. The van der Waals surface area contributed by atoms with Crippen LogP contribution in [0.15, 0.2) is 35.7 Å². The third-order valence-electron chi connectivity index (χ3n) is 2.47. The summed E-state index contributed by atoms with van der Waals surface area (Å²) in [7, 11) is -3.76. The molecule has 0 atom stereocenters. The number of rotatable bonds is 8. The molecule has 1 amide bonds. The van der Waals surface area contributed by atoms with Crippen molar-refractivity contribution in [3.05, 3.63) is 41.3 Å². The molecule has 0 aliphatic carbocycles. The van der Waals surface area contributed by atoms with Crippen LogP contribution in [0.1, 0.15) is 19.4 Å². The van der Waals surface area contributed by atoms with Crippen molar-refractivity contribution in [2.24, 2.45) is 0 Å². The summed E-state index contributed by atoms with van der Waals surface area (Å²) in [4.78, 5) is 22.7. The van der Waals surface area contributed by atoms with Gasteiger partial charge in [0.15, 0.2) is 6.61 Å². The van der Waals surface area contributed by atoms with E-state index in [1.807, 2.05) is 6.07 Å². The molecule has 1 aromatic carbocycles. The molecule has 1 aromatic rings. The van der Waals surface area contributed by atoms with Crippen molar-refractivity contribution in [3.8, 4) is 0 Å². The Labute approximate surface area is 135 Å². The quantitative estimate of drug-likeness (QED) is 0.677. The maximum absolute atomic E-state index is 11.7. The van der Waals surface area contributed by atoms with Gasteiger partial charge in [-0.1, -0.05) is 30.3 Å². The Bertz CT molecular complexity index is 654. The predicted octanol–water partition coefficient (Wildman–Crippen LogP) is 0.645. The average molecular weight is 340 g/mol. The van der Waals surface area contributed by atoms with Crippen LogP contribution in [0.2, 0.25) is 0 Å². The van der Waals surface area contributed by atoms with Crippen molar-refractivity contribution in [2.45, 2.75) is 19.9 Å². The van der Waals surface area contributed by atoms with Gasteiger partial charge in [-0.05, 0) is 25.5 Å². The van der Waals surface area contributed by atoms with Crippen LogP contribution in [-0.2, 0) is 24.3 Å². The first-order valence-corrected chi connectivity index (χ1v) is 8.51. The molecule has 126 valence electrons. The van der Waals surface area contributed by atoms with E-state index in [9.17, 15) is 18.0 Å². The van der Waals surface area contributed by atoms with Crippen LogP contribution in [0.5, 0.6) is 0 Å². The lowest BCUT2D eigenvalue weighted by Crippen LogP contribution is -2.36. The van der Waals surface area contributed by atoms with Gasteiger partial charge in [0.2, 0.25) is 10.0 Å². The third kappa shape index (κ3) is 8.74. The van der Waals surface area contributed by atoms with E-state index in [4.69, 9.17) is 0 Å². The molecule has 0 bridgehead atoms. The van der Waals surface area contributed by atoms with Gasteiger partial charge in [-0.25, -0.2) is 13.1 Å². The Balaban J connectivity index is 2.39. The highest BCUT2D eigenvalue weighted by Crippen LogP contribution is 2.02. The van der Waals surface area contributed by atoms with E-state index < -0.39 is 35.1 Å². The SMILES string of the molecule is CC(C)NC(=O)COC(=O)CNS(=O)(=O)/C=C/c1ccccc1. The van der Waals surface area contributed by atoms with Gasteiger partial charge in [0.25, 0.3) is 5.91 Å². The van der Waals surface area contributed by atoms with Crippen molar-refractivity contribution in [3.63, 3.8) is 0 Å². The highest BCUT2D eigenvalue weighted by atomic mass is 32.2. The maximum Gasteiger partial charge on any atom is 0.321 e. The van der Waals surface area contributed by atoms with E-state index in [0.717, 1.165) is 5.41 Å². The lowest BCUT2D eigenvalue weighted by molar-refractivity contribution is -0.147. The Morgan fingerprint density at radius 1 is 1.22 bits per heavy atom. The van der Waals surface area contributed by atoms with Gasteiger partial charge >= 0.3 is 5.97 Å². The molecule has 23 heavy (non-hydrogen) atoms. The number of nitrogens with one attached hydrogen (secondary N) is 2. The molecule has 0 saturated carbocycles. The van der Waals surface area contributed by atoms with Crippen LogP contribution in [-0.4, -0.2) is 39.5 Å². The molecule has 0 radical (unpaired) electrons. The zero-order valence-corrected chi connectivity index (χ0v) is 13.8. The first kappa shape index (κ1) is 18.9. The van der Waals surface area contributed by atoms with Gasteiger partial charge in [0.05, 0.1) is 0 Å². The fraction of sp³-hybridized carbons (Fsp3) is 0.333. The number of hydrogen-bond acceptors (Lipinski definition) is 5. The summed E-state index contributed by atoms with van der Waals surface area (Å²) >= 11 is 0. The van der Waals surface area contributed by atoms with E-state index in [2.05, 4.69) is 14.8 Å². The summed E-state index contributed by atoms with van der Waals surface area (Å²) in [5, 5.41) is 3.50. The minimum atomic E-state index is -3.76. The van der Waals surface area contributed by atoms with E-state index in [1.54, 1.807) is 38.1 Å². The Morgan fingerprint density at radius 3 is 2.48 bits per heavy atom. The van der Waals surface area contributed by atoms with Gasteiger partial charge in [0.1, 0.15) is 6.54 Å². The third-order valence-corrected chi connectivity index (χ3v) is 3.51. The van der Waals surface area contributed by atoms with Gasteiger partial charge in [-0.3, -0.25) is 9.59 Å². The van der Waals surface area contributed by atoms with Crippen LogP contribution >= 0.6 is 0 Å². The molecule has 0 spiro atoms. The Kier molecular flexibility index (Phi) is 7.43. The molecular formula is C15H20N2O5S. The number of carbonyl (C=O) groups is 2. The summed E-state index contributed by atoms with van der Waals surface area (Å²) in [5.41, 5.74) is 0.714. The van der Waals surface area contributed by atoms with Gasteiger partial charge in [-0.2, -0.15) is 0 Å². The molecule has 2 N–H and O–H groups in total. The van der Waals surface area contributed by atoms with Crippen LogP contribution in [0.25, 0.3) is 6.08 Å². The molecule has 0 saturated heterocycles. The normalized spacial score (nSPS) is 11.6. The molecule has 0 fully saturated rings. The first-order valence-electron chi connectivity index (χ1n) is 6.96. The number of sulfonamides is 1. The smallest absolute Gasteiger partial charge is 0.321 e. The summed E-state index contributed by atoms with van der Waals surface area (Å²) in [6.45, 7) is 2.55. The van der Waals surface area contributed by atoms with Crippen molar-refractivity contribution < 1.29 is 22.7 Å². The second-order valence-corrected chi connectivity index (χ2v) is 6.61. The fourth-order valence-electron chi connectivity index (χ4n) is 1.50. The van der Waals surface area contributed by atoms with Crippen LogP contribution in [0.4, 0.5) is 0 Å². The molecule has 0 aliphatic rings. The second kappa shape index (κ2) is 9.06. The van der Waals surface area contributed by atoms with Crippen molar-refractivity contribution in [1.29, 1.82) is 0 Å². The van der Waals surface area contributed by atoms with Crippen molar-refractivity contribution >= 4 is 28.0 Å². The number of benzene rings is 1. The highest BCUT2D eigenvalue weighted by molar-refractivity contribution is 7.92. The molecule has 1 rings (SSSR count). The minimum absolute atomic E-state index is 0.0668. The monoisotopic (exact) mass is 340 g/mol. The Hall–Kier alpha value is -2.19. The highest BCUT2D eigenvalue weighted by Gasteiger charge is 2.12. The molecule has 0 heterocycles. The van der Waals surface area contributed by atoms with E-state index >= 15 is 0 Å². The van der Waals surface area contributed by atoms with Crippen LogP contribution in [0, 0.1) is 0 Å². The standard InChI is InChI=1S/C15H20N2O5S/c1-12(2)17-14(18)11-22-15(19)10-16-23(20,21)9-8-13-6-4-3-5-7-13/h3-9,12,16H,10-11H2,1-2H3,(H,17,18)/b9-8+. The summed E-state index contributed by atoms with van der Waals surface area (Å²) < 4.78 is 30.1. The molecule has 0 unspecified atom stereocenters. The number of ether oxygens (including phenoxy) is 1. The summed E-state index contributed by atoms with van der Waals surface area (Å²) in [5.74, 6) is -1.28. The molecule has 7 nitrogen and oxygen atoms in total. The van der Waals surface area contributed by atoms with Crippen molar-refractivity contribution in [2.75, 3.05) is 13.2 Å². The van der Waals surface area contributed by atoms with E-state index in [1.165, 1.54) is 6.08 Å². The van der Waals surface area contributed by atoms with Gasteiger partial charge < -0.3 is 10.1 Å². The topological polar surface area (TPSA) is 102 Å². The number of amides is 1. The maximum atomic E-state index is 11.7. The largest absolute Gasteiger partial charge is 0.455 e. The summed E-state index contributed by atoms with van der Waals surface area (Å²) in [6, 6.07) is 8.79. The van der Waals surface area contributed by atoms with Crippen molar-refractivity contribution in [1.82, 2.24) is 10.0 Å². The number of esters is 1. The first-order chi connectivity index (χ1) is 10.8. The predicted molar refractivity (Wildman–Crippen MR) is 86.6 cm³/mol. The lowest BCUT2D eigenvalue weighted by Gasteiger charge is -2.08. The van der Waals surface area contributed by atoms with Gasteiger partial charge in [-0.15, -0.1) is 0 Å². The van der Waals surface area contributed by atoms with E-state index in [-0.39, 0.29) is 6.04 Å². The van der Waals surface area contributed by atoms with E-state index in [0.29, 0.717) is 5.56 Å². The molecule has 0 aromatic heterocycles.